The van der Waals surface area contributed by atoms with E-state index in [2.05, 4.69) is 6.92 Å². The van der Waals surface area contributed by atoms with E-state index in [-0.39, 0.29) is 0 Å². The predicted octanol–water partition coefficient (Wildman–Crippen LogP) is 3.30. The van der Waals surface area contributed by atoms with E-state index >= 15 is 0 Å². The van der Waals surface area contributed by atoms with E-state index in [1.54, 1.807) is 0 Å². The summed E-state index contributed by atoms with van der Waals surface area (Å²) in [5, 5.41) is 9.82. The molecule has 2 heterocycles. The van der Waals surface area contributed by atoms with Crippen LogP contribution in [0.25, 0.3) is 0 Å². The van der Waals surface area contributed by atoms with Crippen molar-refractivity contribution < 1.29 is 19.4 Å². The van der Waals surface area contributed by atoms with Gasteiger partial charge in [-0.1, -0.05) is 39.0 Å². The van der Waals surface area contributed by atoms with Crippen LogP contribution in [-0.2, 0) is 14.3 Å². The fourth-order valence-corrected chi connectivity index (χ4v) is 5.06. The average Bonchev–Trinajstić information content (AvgIpc) is 3.23. The van der Waals surface area contributed by atoms with Crippen LogP contribution in [0.5, 0.6) is 0 Å². The van der Waals surface area contributed by atoms with E-state index in [4.69, 9.17) is 9.47 Å². The fourth-order valence-electron chi connectivity index (χ4n) is 5.06. The second-order valence-corrected chi connectivity index (χ2v) is 7.75. The number of hydrogen-bond donors (Lipinski definition) is 1. The number of aliphatic carboxylic acids is 1. The van der Waals surface area contributed by atoms with E-state index in [1.165, 1.54) is 32.1 Å². The van der Waals surface area contributed by atoms with Crippen LogP contribution < -0.4 is 0 Å². The van der Waals surface area contributed by atoms with Gasteiger partial charge in [0.05, 0.1) is 5.41 Å². The Morgan fingerprint density at radius 2 is 1.80 bits per heavy atom. The molecule has 4 aliphatic rings. The number of rotatable bonds is 3. The number of epoxide rings is 2. The molecule has 4 fully saturated rings. The molecule has 2 aliphatic heterocycles. The normalized spacial score (nSPS) is 53.9. The van der Waals surface area contributed by atoms with Crippen LogP contribution in [0.2, 0.25) is 0 Å². The summed E-state index contributed by atoms with van der Waals surface area (Å²) in [4.78, 5) is 11.9. The fraction of sp³-hybridized carbons (Fsp3) is 0.938. The molecular formula is C16H24O4. The Kier molecular flexibility index (Phi) is 2.34. The summed E-state index contributed by atoms with van der Waals surface area (Å²) in [7, 11) is 0. The minimum absolute atomic E-state index is 0.397. The van der Waals surface area contributed by atoms with E-state index in [0.717, 1.165) is 12.8 Å². The van der Waals surface area contributed by atoms with Gasteiger partial charge in [-0.15, -0.1) is 0 Å². The molecule has 2 saturated heterocycles. The third kappa shape index (κ3) is 1.28. The maximum absolute atomic E-state index is 11.9. The molecule has 0 radical (unpaired) electrons. The summed E-state index contributed by atoms with van der Waals surface area (Å²) in [6.07, 6.45) is 8.67. The molecule has 0 aromatic carbocycles. The molecule has 2 atom stereocenters. The highest BCUT2D eigenvalue weighted by Crippen LogP contribution is 2.84. The van der Waals surface area contributed by atoms with Gasteiger partial charge < -0.3 is 14.6 Å². The van der Waals surface area contributed by atoms with E-state index in [0.29, 0.717) is 12.3 Å². The Morgan fingerprint density at radius 3 is 2.40 bits per heavy atom. The van der Waals surface area contributed by atoms with Crippen LogP contribution in [-0.4, -0.2) is 22.7 Å². The van der Waals surface area contributed by atoms with Crippen LogP contribution in [0.15, 0.2) is 0 Å². The summed E-state index contributed by atoms with van der Waals surface area (Å²) >= 11 is 0. The van der Waals surface area contributed by atoms with Gasteiger partial charge in [-0.2, -0.15) is 0 Å². The van der Waals surface area contributed by atoms with Crippen molar-refractivity contribution in [3.8, 4) is 0 Å². The Morgan fingerprint density at radius 1 is 1.15 bits per heavy atom. The smallest absolute Gasteiger partial charge is 0.310 e. The molecule has 2 saturated carbocycles. The van der Waals surface area contributed by atoms with Crippen molar-refractivity contribution >= 4 is 5.97 Å². The van der Waals surface area contributed by atoms with Crippen molar-refractivity contribution in [1.82, 2.24) is 0 Å². The summed E-state index contributed by atoms with van der Waals surface area (Å²) in [5.74, 6) is -1.02. The highest BCUT2D eigenvalue weighted by molar-refractivity contribution is 5.76. The molecule has 4 rings (SSSR count). The largest absolute Gasteiger partial charge is 0.481 e. The van der Waals surface area contributed by atoms with Gasteiger partial charge in [0.1, 0.15) is 0 Å². The Hall–Kier alpha value is -0.610. The predicted molar refractivity (Wildman–Crippen MR) is 71.9 cm³/mol. The lowest BCUT2D eigenvalue weighted by atomic mass is 9.54. The van der Waals surface area contributed by atoms with Gasteiger partial charge in [-0.25, -0.2) is 0 Å². The van der Waals surface area contributed by atoms with Crippen LogP contribution in [0.4, 0.5) is 0 Å². The summed E-state index contributed by atoms with van der Waals surface area (Å²) < 4.78 is 11.7. The molecule has 112 valence electrons. The second-order valence-electron chi connectivity index (χ2n) is 7.75. The molecule has 2 aliphatic carbocycles. The van der Waals surface area contributed by atoms with Crippen molar-refractivity contribution in [3.63, 3.8) is 0 Å². The van der Waals surface area contributed by atoms with Gasteiger partial charge in [0, 0.05) is 11.8 Å². The zero-order valence-electron chi connectivity index (χ0n) is 12.4. The first-order chi connectivity index (χ1) is 9.39. The maximum atomic E-state index is 11.9. The quantitative estimate of drug-likeness (QED) is 0.806. The third-order valence-corrected chi connectivity index (χ3v) is 6.83. The summed E-state index contributed by atoms with van der Waals surface area (Å²) in [6.45, 7) is 4.00. The lowest BCUT2D eigenvalue weighted by molar-refractivity contribution is -0.182. The average molecular weight is 280 g/mol. The standard InChI is InChI=1S/C16H24O4/c1-13(12(17)18)8-9-15-16(19-15,20-15)14(13,2)10-11-6-4-3-5-7-11/h11H,3-10H2,1-2H3,(H,17,18). The number of ether oxygens (including phenoxy) is 2. The molecule has 4 heteroatoms. The lowest BCUT2D eigenvalue weighted by Gasteiger charge is -2.46. The first-order valence-corrected chi connectivity index (χ1v) is 8.03. The van der Waals surface area contributed by atoms with Crippen LogP contribution in [0.3, 0.4) is 0 Å². The van der Waals surface area contributed by atoms with Gasteiger partial charge in [-0.3, -0.25) is 4.79 Å². The zero-order valence-corrected chi connectivity index (χ0v) is 12.4. The monoisotopic (exact) mass is 280 g/mol. The topological polar surface area (TPSA) is 62.4 Å². The van der Waals surface area contributed by atoms with E-state index < -0.39 is 28.4 Å². The minimum atomic E-state index is -0.735. The molecule has 0 spiro atoms. The number of carboxylic acids is 1. The zero-order chi connectivity index (χ0) is 14.2. The summed E-state index contributed by atoms with van der Waals surface area (Å²) in [6, 6.07) is 0. The second kappa shape index (κ2) is 3.58. The lowest BCUT2D eigenvalue weighted by Crippen LogP contribution is -2.52. The van der Waals surface area contributed by atoms with Crippen molar-refractivity contribution in [2.45, 2.75) is 76.8 Å². The van der Waals surface area contributed by atoms with Crippen molar-refractivity contribution in [1.29, 1.82) is 0 Å². The first-order valence-electron chi connectivity index (χ1n) is 8.03. The van der Waals surface area contributed by atoms with Gasteiger partial charge in [0.25, 0.3) is 0 Å². The summed E-state index contributed by atoms with van der Waals surface area (Å²) in [5.41, 5.74) is -1.13. The van der Waals surface area contributed by atoms with Crippen LogP contribution >= 0.6 is 0 Å². The Bertz CT molecular complexity index is 461. The Labute approximate surface area is 119 Å². The molecule has 0 bridgehead atoms. The van der Waals surface area contributed by atoms with E-state index in [1.807, 2.05) is 6.92 Å². The van der Waals surface area contributed by atoms with E-state index in [9.17, 15) is 9.90 Å². The van der Waals surface area contributed by atoms with Crippen molar-refractivity contribution in [3.05, 3.63) is 0 Å². The first kappa shape index (κ1) is 13.1. The molecule has 4 nitrogen and oxygen atoms in total. The molecule has 0 aromatic rings. The van der Waals surface area contributed by atoms with Gasteiger partial charge in [0.15, 0.2) is 0 Å². The molecular weight excluding hydrogens is 256 g/mol. The molecule has 20 heavy (non-hydrogen) atoms. The Balaban J connectivity index is 1.65. The van der Waals surface area contributed by atoms with Crippen LogP contribution in [0.1, 0.15) is 65.2 Å². The molecule has 0 amide bonds. The SMILES string of the molecule is CC1(C(=O)O)CCC23OC2(O3)C1(C)CC1CCCCC1. The van der Waals surface area contributed by atoms with Crippen LogP contribution in [0, 0.1) is 16.7 Å². The third-order valence-electron chi connectivity index (χ3n) is 6.83. The number of carboxylic acid groups (broad SMARTS) is 1. The maximum Gasteiger partial charge on any atom is 0.310 e. The molecule has 1 N–H and O–H groups in total. The molecule has 0 aromatic heterocycles. The molecule has 2 unspecified atom stereocenters. The van der Waals surface area contributed by atoms with Gasteiger partial charge >= 0.3 is 5.97 Å². The minimum Gasteiger partial charge on any atom is -0.481 e. The number of carbonyl (C=O) groups is 1. The van der Waals surface area contributed by atoms with Gasteiger partial charge in [-0.05, 0) is 25.7 Å². The highest BCUT2D eigenvalue weighted by atomic mass is 17.0. The van der Waals surface area contributed by atoms with Gasteiger partial charge in [0.2, 0.25) is 11.6 Å². The van der Waals surface area contributed by atoms with Crippen molar-refractivity contribution in [2.75, 3.05) is 0 Å². The highest BCUT2D eigenvalue weighted by Gasteiger charge is 2.99. The van der Waals surface area contributed by atoms with Crippen molar-refractivity contribution in [2.24, 2.45) is 16.7 Å². The number of hydrogen-bond acceptors (Lipinski definition) is 3.